The molecule has 0 radical (unpaired) electrons. The van der Waals surface area contributed by atoms with Crippen molar-refractivity contribution in [1.82, 2.24) is 20.4 Å². The zero-order chi connectivity index (χ0) is 22.1. The predicted molar refractivity (Wildman–Crippen MR) is 126 cm³/mol. The number of nitrogens with zero attached hydrogens (tertiary/aromatic N) is 3. The fourth-order valence-electron chi connectivity index (χ4n) is 5.75. The fraction of sp³-hybridized carbons (Fsp3) is 0.640. The summed E-state index contributed by atoms with van der Waals surface area (Å²) in [5, 5.41) is 12.0. The van der Waals surface area contributed by atoms with Crippen LogP contribution >= 0.6 is 0 Å². The summed E-state index contributed by atoms with van der Waals surface area (Å²) in [4.78, 5) is 26.3. The Bertz CT molecular complexity index is 986. The van der Waals surface area contributed by atoms with E-state index in [0.29, 0.717) is 18.9 Å². The molecule has 1 saturated carbocycles. The Kier molecular flexibility index (Phi) is 6.17. The van der Waals surface area contributed by atoms with Crippen molar-refractivity contribution in [2.75, 3.05) is 24.5 Å². The van der Waals surface area contributed by atoms with Gasteiger partial charge in [-0.05, 0) is 62.8 Å². The number of aromatic nitrogens is 2. The van der Waals surface area contributed by atoms with Gasteiger partial charge in [0.05, 0.1) is 17.1 Å². The number of hydrogen-bond donors (Lipinski definition) is 2. The fourth-order valence-corrected chi connectivity index (χ4v) is 5.75. The Morgan fingerprint density at radius 3 is 2.59 bits per heavy atom. The van der Waals surface area contributed by atoms with E-state index in [-0.39, 0.29) is 17.7 Å². The van der Waals surface area contributed by atoms with Gasteiger partial charge in [-0.25, -0.2) is 0 Å². The van der Waals surface area contributed by atoms with E-state index >= 15 is 0 Å². The maximum atomic E-state index is 12.4. The molecule has 2 saturated heterocycles. The molecule has 5 rings (SSSR count). The average molecular weight is 438 g/mol. The lowest BCUT2D eigenvalue weighted by atomic mass is 9.89. The van der Waals surface area contributed by atoms with E-state index in [0.717, 1.165) is 35.6 Å². The number of hydrogen-bond acceptors (Lipinski definition) is 5. The van der Waals surface area contributed by atoms with Gasteiger partial charge in [-0.3, -0.25) is 19.6 Å². The number of nitrogens with one attached hydrogen (secondary N) is 2. The molecule has 3 fully saturated rings. The third-order valence-electron chi connectivity index (χ3n) is 7.71. The molecule has 172 valence electrons. The molecule has 1 aromatic heterocycles. The molecular weight excluding hydrogens is 402 g/mol. The maximum Gasteiger partial charge on any atom is 0.235 e. The van der Waals surface area contributed by atoms with Crippen molar-refractivity contribution in [1.29, 1.82) is 0 Å². The lowest BCUT2D eigenvalue weighted by Gasteiger charge is -2.35. The summed E-state index contributed by atoms with van der Waals surface area (Å²) >= 11 is 0. The molecule has 1 aromatic carbocycles. The van der Waals surface area contributed by atoms with Gasteiger partial charge in [0, 0.05) is 43.7 Å². The van der Waals surface area contributed by atoms with E-state index < -0.39 is 0 Å². The first-order valence-corrected chi connectivity index (χ1v) is 12.4. The Morgan fingerprint density at radius 1 is 1.06 bits per heavy atom. The highest BCUT2D eigenvalue weighted by molar-refractivity contribution is 6.02. The quantitative estimate of drug-likeness (QED) is 0.702. The number of anilines is 1. The second-order valence-corrected chi connectivity index (χ2v) is 9.89. The van der Waals surface area contributed by atoms with Gasteiger partial charge in [-0.1, -0.05) is 19.3 Å². The second kappa shape index (κ2) is 9.22. The standard InChI is InChI=1S/C25H35N5O2/c1-29-22-15-19(7-8-20(22)24(28-29)21-9-10-23(31)27-25(21)32)30-13-11-18(12-14-30)26-16-17-5-3-2-4-6-17/h7-8,15,17-18,21,26H,2-6,9-14,16H2,1H3,(H,27,31,32). The molecule has 1 unspecified atom stereocenters. The number of amides is 2. The summed E-state index contributed by atoms with van der Waals surface area (Å²) in [6, 6.07) is 7.10. The molecule has 2 N–H and O–H groups in total. The molecule has 3 heterocycles. The van der Waals surface area contributed by atoms with Crippen LogP contribution in [0.3, 0.4) is 0 Å². The van der Waals surface area contributed by atoms with Crippen LogP contribution in [0.1, 0.15) is 69.4 Å². The minimum Gasteiger partial charge on any atom is -0.371 e. The number of carbonyl (C=O) groups is 2. The normalized spacial score (nSPS) is 23.7. The van der Waals surface area contributed by atoms with Gasteiger partial charge in [0.1, 0.15) is 0 Å². The highest BCUT2D eigenvalue weighted by atomic mass is 16.2. The second-order valence-electron chi connectivity index (χ2n) is 9.89. The van der Waals surface area contributed by atoms with Crippen molar-refractivity contribution in [2.45, 2.75) is 69.7 Å². The number of carbonyl (C=O) groups excluding carboxylic acids is 2. The summed E-state index contributed by atoms with van der Waals surface area (Å²) in [5.74, 6) is 0.111. The Labute approximate surface area is 189 Å². The highest BCUT2D eigenvalue weighted by Gasteiger charge is 2.32. The highest BCUT2D eigenvalue weighted by Crippen LogP contribution is 2.33. The van der Waals surface area contributed by atoms with Crippen molar-refractivity contribution in [3.05, 3.63) is 23.9 Å². The average Bonchev–Trinajstić information content (AvgIpc) is 3.14. The van der Waals surface area contributed by atoms with E-state index in [2.05, 4.69) is 38.8 Å². The van der Waals surface area contributed by atoms with Crippen molar-refractivity contribution in [2.24, 2.45) is 13.0 Å². The van der Waals surface area contributed by atoms with Crippen LogP contribution in [0, 0.1) is 5.92 Å². The third-order valence-corrected chi connectivity index (χ3v) is 7.71. The number of piperidine rings is 2. The molecule has 1 atom stereocenters. The van der Waals surface area contributed by atoms with Crippen molar-refractivity contribution in [3.63, 3.8) is 0 Å². The zero-order valence-electron chi connectivity index (χ0n) is 19.1. The van der Waals surface area contributed by atoms with Gasteiger partial charge in [-0.2, -0.15) is 5.10 Å². The van der Waals surface area contributed by atoms with E-state index in [9.17, 15) is 9.59 Å². The Morgan fingerprint density at radius 2 is 1.84 bits per heavy atom. The van der Waals surface area contributed by atoms with Crippen LogP contribution < -0.4 is 15.5 Å². The summed E-state index contributed by atoms with van der Waals surface area (Å²) in [5.41, 5.74) is 3.05. The first-order valence-electron chi connectivity index (χ1n) is 12.4. The van der Waals surface area contributed by atoms with Gasteiger partial charge in [0.25, 0.3) is 0 Å². The van der Waals surface area contributed by atoms with Crippen LogP contribution in [-0.4, -0.2) is 47.3 Å². The third kappa shape index (κ3) is 4.40. The van der Waals surface area contributed by atoms with Gasteiger partial charge in [-0.15, -0.1) is 0 Å². The monoisotopic (exact) mass is 437 g/mol. The molecule has 2 aromatic rings. The van der Waals surface area contributed by atoms with Crippen LogP contribution in [0.4, 0.5) is 5.69 Å². The Balaban J connectivity index is 1.23. The van der Waals surface area contributed by atoms with Gasteiger partial charge in [0.2, 0.25) is 11.8 Å². The molecule has 0 bridgehead atoms. The lowest BCUT2D eigenvalue weighted by molar-refractivity contribution is -0.134. The van der Waals surface area contributed by atoms with Crippen LogP contribution in [0.2, 0.25) is 0 Å². The van der Waals surface area contributed by atoms with Gasteiger partial charge >= 0.3 is 0 Å². The molecule has 7 heteroatoms. The molecular formula is C25H35N5O2. The van der Waals surface area contributed by atoms with Gasteiger partial charge < -0.3 is 10.2 Å². The van der Waals surface area contributed by atoms with Crippen molar-refractivity contribution in [3.8, 4) is 0 Å². The van der Waals surface area contributed by atoms with E-state index in [1.54, 1.807) is 0 Å². The number of fused-ring (bicyclic) bond motifs is 1. The number of aryl methyl sites for hydroxylation is 1. The van der Waals surface area contributed by atoms with Crippen LogP contribution in [0.25, 0.3) is 10.9 Å². The Hall–Kier alpha value is -2.41. The van der Waals surface area contributed by atoms with Crippen molar-refractivity contribution >= 4 is 28.4 Å². The van der Waals surface area contributed by atoms with E-state index in [1.165, 1.54) is 57.2 Å². The van der Waals surface area contributed by atoms with Crippen molar-refractivity contribution < 1.29 is 9.59 Å². The molecule has 0 spiro atoms. The van der Waals surface area contributed by atoms with E-state index in [4.69, 9.17) is 0 Å². The summed E-state index contributed by atoms with van der Waals surface area (Å²) in [6.45, 7) is 3.31. The summed E-state index contributed by atoms with van der Waals surface area (Å²) in [6.07, 6.45) is 10.3. The summed E-state index contributed by atoms with van der Waals surface area (Å²) in [7, 11) is 1.93. The molecule has 1 aliphatic carbocycles. The number of rotatable bonds is 5. The lowest BCUT2D eigenvalue weighted by Crippen LogP contribution is -2.44. The largest absolute Gasteiger partial charge is 0.371 e. The molecule has 3 aliphatic rings. The first-order chi connectivity index (χ1) is 15.6. The first kappa shape index (κ1) is 21.4. The SMILES string of the molecule is Cn1nc(C2CCC(=O)NC2=O)c2ccc(N3CCC(NCC4CCCCC4)CC3)cc21. The van der Waals surface area contributed by atoms with E-state index in [1.807, 2.05) is 11.7 Å². The molecule has 2 aliphatic heterocycles. The minimum absolute atomic E-state index is 0.189. The molecule has 32 heavy (non-hydrogen) atoms. The predicted octanol–water partition coefficient (Wildman–Crippen LogP) is 3.23. The molecule has 2 amide bonds. The smallest absolute Gasteiger partial charge is 0.235 e. The maximum absolute atomic E-state index is 12.4. The summed E-state index contributed by atoms with van der Waals surface area (Å²) < 4.78 is 1.87. The minimum atomic E-state index is -0.353. The van der Waals surface area contributed by atoms with Gasteiger partial charge in [0.15, 0.2) is 0 Å². The van der Waals surface area contributed by atoms with Crippen LogP contribution in [0.15, 0.2) is 18.2 Å². The van der Waals surface area contributed by atoms with Crippen LogP contribution in [-0.2, 0) is 16.6 Å². The topological polar surface area (TPSA) is 79.3 Å². The van der Waals surface area contributed by atoms with Crippen LogP contribution in [0.5, 0.6) is 0 Å². The molecule has 7 nitrogen and oxygen atoms in total. The zero-order valence-corrected chi connectivity index (χ0v) is 19.1. The number of benzene rings is 1. The number of imide groups is 1.